The van der Waals surface area contributed by atoms with E-state index in [-0.39, 0.29) is 4.99 Å². The molecule has 106 valence electrons. The van der Waals surface area contributed by atoms with Gasteiger partial charge in [0.15, 0.2) is 0 Å². The third-order valence-corrected chi connectivity index (χ3v) is 4.50. The summed E-state index contributed by atoms with van der Waals surface area (Å²) in [6.45, 7) is 5.90. The standard InChI is InChI=1S/C14H16BrN3OS/c1-7-5-10(6-8(2)12(7)15)19-14-11(13(16)20)9(3)17-18(14)4/h5-6H,1-4H3,(H2,16,20). The van der Waals surface area contributed by atoms with Gasteiger partial charge in [0.25, 0.3) is 0 Å². The highest BCUT2D eigenvalue weighted by atomic mass is 79.9. The topological polar surface area (TPSA) is 53.1 Å². The largest absolute Gasteiger partial charge is 0.439 e. The smallest absolute Gasteiger partial charge is 0.228 e. The van der Waals surface area contributed by atoms with Crippen LogP contribution < -0.4 is 10.5 Å². The van der Waals surface area contributed by atoms with E-state index in [1.54, 1.807) is 4.68 Å². The molecule has 0 saturated carbocycles. The Morgan fingerprint density at radius 3 is 2.35 bits per heavy atom. The molecular weight excluding hydrogens is 338 g/mol. The number of nitrogens with zero attached hydrogens (tertiary/aromatic N) is 2. The van der Waals surface area contributed by atoms with Gasteiger partial charge in [0.1, 0.15) is 10.7 Å². The molecule has 0 radical (unpaired) electrons. The van der Waals surface area contributed by atoms with Crippen LogP contribution >= 0.6 is 28.1 Å². The van der Waals surface area contributed by atoms with Crippen molar-refractivity contribution in [3.63, 3.8) is 0 Å². The van der Waals surface area contributed by atoms with Crippen LogP contribution in [0.5, 0.6) is 11.6 Å². The Morgan fingerprint density at radius 1 is 1.30 bits per heavy atom. The SMILES string of the molecule is Cc1cc(Oc2c(C(N)=S)c(C)nn2C)cc(C)c1Br. The lowest BCUT2D eigenvalue weighted by atomic mass is 10.1. The third-order valence-electron chi connectivity index (χ3n) is 3.04. The van der Waals surface area contributed by atoms with E-state index in [0.717, 1.165) is 27.0 Å². The number of ether oxygens (including phenoxy) is 1. The van der Waals surface area contributed by atoms with E-state index in [0.29, 0.717) is 11.4 Å². The van der Waals surface area contributed by atoms with Gasteiger partial charge in [-0.15, -0.1) is 0 Å². The first-order valence-corrected chi connectivity index (χ1v) is 7.29. The first-order valence-electron chi connectivity index (χ1n) is 6.09. The second-order valence-electron chi connectivity index (χ2n) is 4.73. The lowest BCUT2D eigenvalue weighted by molar-refractivity contribution is 0.429. The van der Waals surface area contributed by atoms with Crippen LogP contribution in [0, 0.1) is 20.8 Å². The van der Waals surface area contributed by atoms with Crippen molar-refractivity contribution in [3.05, 3.63) is 39.0 Å². The highest BCUT2D eigenvalue weighted by Gasteiger charge is 2.18. The van der Waals surface area contributed by atoms with Crippen LogP contribution in [0.2, 0.25) is 0 Å². The van der Waals surface area contributed by atoms with Gasteiger partial charge >= 0.3 is 0 Å². The molecule has 0 unspecified atom stereocenters. The Bertz CT molecular complexity index is 671. The Balaban J connectivity index is 2.48. The molecule has 1 heterocycles. The van der Waals surface area contributed by atoms with Crippen LogP contribution in [0.1, 0.15) is 22.4 Å². The zero-order valence-electron chi connectivity index (χ0n) is 11.8. The van der Waals surface area contributed by atoms with E-state index >= 15 is 0 Å². The monoisotopic (exact) mass is 353 g/mol. The summed E-state index contributed by atoms with van der Waals surface area (Å²) in [6.07, 6.45) is 0. The Labute approximate surface area is 132 Å². The van der Waals surface area contributed by atoms with E-state index in [4.69, 9.17) is 22.7 Å². The van der Waals surface area contributed by atoms with Crippen LogP contribution in [-0.4, -0.2) is 14.8 Å². The molecule has 0 bridgehead atoms. The van der Waals surface area contributed by atoms with Gasteiger partial charge in [0.05, 0.1) is 11.3 Å². The average molecular weight is 354 g/mol. The number of nitrogens with two attached hydrogens (primary N) is 1. The summed E-state index contributed by atoms with van der Waals surface area (Å²) < 4.78 is 8.68. The molecule has 20 heavy (non-hydrogen) atoms. The number of hydrogen-bond donors (Lipinski definition) is 1. The normalized spacial score (nSPS) is 10.7. The van der Waals surface area contributed by atoms with Crippen molar-refractivity contribution in [2.45, 2.75) is 20.8 Å². The minimum Gasteiger partial charge on any atom is -0.439 e. The summed E-state index contributed by atoms with van der Waals surface area (Å²) in [6, 6.07) is 3.92. The van der Waals surface area contributed by atoms with Crippen molar-refractivity contribution < 1.29 is 4.74 Å². The van der Waals surface area contributed by atoms with Crippen molar-refractivity contribution >= 4 is 33.1 Å². The van der Waals surface area contributed by atoms with Crippen molar-refractivity contribution in [2.24, 2.45) is 12.8 Å². The van der Waals surface area contributed by atoms with Gasteiger partial charge < -0.3 is 10.5 Å². The lowest BCUT2D eigenvalue weighted by Gasteiger charge is -2.11. The molecule has 2 N–H and O–H groups in total. The fraction of sp³-hybridized carbons (Fsp3) is 0.286. The fourth-order valence-corrected chi connectivity index (χ4v) is 2.58. The van der Waals surface area contributed by atoms with E-state index in [1.807, 2.05) is 40.0 Å². The minimum atomic E-state index is 0.288. The third kappa shape index (κ3) is 2.71. The molecule has 0 aliphatic carbocycles. The van der Waals surface area contributed by atoms with Gasteiger partial charge in [0.2, 0.25) is 5.88 Å². The molecule has 0 spiro atoms. The molecule has 2 rings (SSSR count). The number of rotatable bonds is 3. The molecule has 2 aromatic rings. The van der Waals surface area contributed by atoms with Gasteiger partial charge in [-0.25, -0.2) is 4.68 Å². The maximum absolute atomic E-state index is 5.95. The predicted molar refractivity (Wildman–Crippen MR) is 87.5 cm³/mol. The number of benzene rings is 1. The first-order chi connectivity index (χ1) is 9.31. The molecule has 1 aromatic carbocycles. The van der Waals surface area contributed by atoms with Crippen molar-refractivity contribution in [2.75, 3.05) is 0 Å². The Morgan fingerprint density at radius 2 is 1.85 bits per heavy atom. The fourth-order valence-electron chi connectivity index (χ4n) is 2.11. The van der Waals surface area contributed by atoms with E-state index < -0.39 is 0 Å². The molecule has 0 atom stereocenters. The maximum Gasteiger partial charge on any atom is 0.228 e. The summed E-state index contributed by atoms with van der Waals surface area (Å²) in [5.41, 5.74) is 9.42. The Hall–Kier alpha value is -1.40. The average Bonchev–Trinajstić information content (AvgIpc) is 2.61. The van der Waals surface area contributed by atoms with E-state index in [2.05, 4.69) is 21.0 Å². The van der Waals surface area contributed by atoms with Crippen LogP contribution in [0.4, 0.5) is 0 Å². The molecule has 6 heteroatoms. The number of hydrogen-bond acceptors (Lipinski definition) is 3. The summed E-state index contributed by atoms with van der Waals surface area (Å²) >= 11 is 8.62. The molecule has 0 aliphatic rings. The number of halogens is 1. The van der Waals surface area contributed by atoms with Crippen molar-refractivity contribution in [3.8, 4) is 11.6 Å². The van der Waals surface area contributed by atoms with Crippen molar-refractivity contribution in [1.82, 2.24) is 9.78 Å². The highest BCUT2D eigenvalue weighted by molar-refractivity contribution is 9.10. The first kappa shape index (κ1) is 15.0. The molecular formula is C14H16BrN3OS. The predicted octanol–water partition coefficient (Wildman–Crippen LogP) is 3.53. The van der Waals surface area contributed by atoms with Crippen LogP contribution in [-0.2, 0) is 7.05 Å². The van der Waals surface area contributed by atoms with Gasteiger partial charge in [0, 0.05) is 11.5 Å². The lowest BCUT2D eigenvalue weighted by Crippen LogP contribution is -2.11. The molecule has 1 aromatic heterocycles. The van der Waals surface area contributed by atoms with Gasteiger partial charge in [-0.3, -0.25) is 0 Å². The molecule has 4 nitrogen and oxygen atoms in total. The summed E-state index contributed by atoms with van der Waals surface area (Å²) in [7, 11) is 1.81. The van der Waals surface area contributed by atoms with Gasteiger partial charge in [-0.2, -0.15) is 5.10 Å². The zero-order chi connectivity index (χ0) is 15.0. The zero-order valence-corrected chi connectivity index (χ0v) is 14.2. The minimum absolute atomic E-state index is 0.288. The van der Waals surface area contributed by atoms with Crippen molar-refractivity contribution in [1.29, 1.82) is 0 Å². The highest BCUT2D eigenvalue weighted by Crippen LogP contribution is 2.31. The van der Waals surface area contributed by atoms with Gasteiger partial charge in [-0.05, 0) is 44.0 Å². The quantitative estimate of drug-likeness (QED) is 0.857. The van der Waals surface area contributed by atoms with Gasteiger partial charge in [-0.1, -0.05) is 28.1 Å². The molecule has 0 amide bonds. The molecule has 0 aliphatic heterocycles. The number of thiocarbonyl (C=S) groups is 1. The van der Waals surface area contributed by atoms with Crippen LogP contribution in [0.3, 0.4) is 0 Å². The summed E-state index contributed by atoms with van der Waals surface area (Å²) in [5, 5.41) is 4.31. The van der Waals surface area contributed by atoms with E-state index in [1.165, 1.54) is 0 Å². The van der Waals surface area contributed by atoms with E-state index in [9.17, 15) is 0 Å². The second-order valence-corrected chi connectivity index (χ2v) is 5.96. The second kappa shape index (κ2) is 5.54. The maximum atomic E-state index is 5.95. The Kier molecular flexibility index (Phi) is 4.15. The van der Waals surface area contributed by atoms with Crippen LogP contribution in [0.15, 0.2) is 16.6 Å². The number of aryl methyl sites for hydroxylation is 4. The number of aromatic nitrogens is 2. The molecule has 0 saturated heterocycles. The summed E-state index contributed by atoms with van der Waals surface area (Å²) in [5.74, 6) is 1.31. The molecule has 0 fully saturated rings. The van der Waals surface area contributed by atoms with Crippen LogP contribution in [0.25, 0.3) is 0 Å². The summed E-state index contributed by atoms with van der Waals surface area (Å²) in [4.78, 5) is 0.288.